The van der Waals surface area contributed by atoms with Gasteiger partial charge in [-0.2, -0.15) is 0 Å². The normalized spacial score (nSPS) is 10.6. The molecule has 0 saturated carbocycles. The van der Waals surface area contributed by atoms with Gasteiger partial charge in [0.2, 0.25) is 0 Å². The molecule has 7 heteroatoms. The molecule has 2 aromatic carbocycles. The minimum Gasteiger partial charge on any atom is -0.102 e. The van der Waals surface area contributed by atoms with Crippen LogP contribution in [0.25, 0.3) is 11.1 Å². The lowest BCUT2D eigenvalue weighted by atomic mass is 9.60. The Morgan fingerprint density at radius 3 is 1.74 bits per heavy atom. The third-order valence-electron chi connectivity index (χ3n) is 4.20. The van der Waals surface area contributed by atoms with E-state index in [0.717, 1.165) is 9.50 Å². The number of benzene rings is 2. The average molecular weight is 327 g/mol. The van der Waals surface area contributed by atoms with Gasteiger partial charge in [0, 0.05) is 9.50 Å². The third-order valence-corrected chi connectivity index (χ3v) is 5.09. The van der Waals surface area contributed by atoms with Crippen molar-refractivity contribution in [3.05, 3.63) is 27.7 Å². The van der Waals surface area contributed by atoms with Crippen LogP contribution in [0.1, 0.15) is 0 Å². The molecule has 0 amide bonds. The second-order valence-corrected chi connectivity index (χ2v) is 6.41. The highest BCUT2D eigenvalue weighted by Crippen LogP contribution is 2.28. The standard InChI is InChI=1S/C12H13B5BrCl/c13-8-7(5-2-1-4(19)3-6(5)18)9(14)11(16)12(17)10(8)15/h1-3H,13-17H2. The molecule has 0 aliphatic heterocycles. The van der Waals surface area contributed by atoms with Crippen molar-refractivity contribution in [3.63, 3.8) is 0 Å². The SMILES string of the molecule is Bc1c(B)c(B)c(-c2ccc(Cl)cc2Br)c(B)c1B. The molecule has 0 spiro atoms. The number of hydrogen-bond acceptors (Lipinski definition) is 0. The van der Waals surface area contributed by atoms with Crippen molar-refractivity contribution in [1.82, 2.24) is 0 Å². The average Bonchev–Trinajstić information content (AvgIpc) is 2.37. The van der Waals surface area contributed by atoms with Crippen LogP contribution in [0, 0.1) is 0 Å². The fourth-order valence-electron chi connectivity index (χ4n) is 2.60. The Balaban J connectivity index is 2.83. The molecule has 19 heavy (non-hydrogen) atoms. The zero-order valence-corrected chi connectivity index (χ0v) is 14.3. The van der Waals surface area contributed by atoms with Gasteiger partial charge in [0.15, 0.2) is 0 Å². The van der Waals surface area contributed by atoms with Gasteiger partial charge in [-0.1, -0.05) is 44.5 Å². The lowest BCUT2D eigenvalue weighted by Crippen LogP contribution is -2.55. The molecule has 0 bridgehead atoms. The maximum atomic E-state index is 6.04. The largest absolute Gasteiger partial charge is 0.139 e. The van der Waals surface area contributed by atoms with Gasteiger partial charge >= 0.3 is 0 Å². The lowest BCUT2D eigenvalue weighted by Gasteiger charge is -2.21. The van der Waals surface area contributed by atoms with Crippen LogP contribution in [-0.2, 0) is 0 Å². The smallest absolute Gasteiger partial charge is 0.102 e. The van der Waals surface area contributed by atoms with E-state index in [-0.39, 0.29) is 0 Å². The molecule has 0 aliphatic carbocycles. The highest BCUT2D eigenvalue weighted by molar-refractivity contribution is 9.10. The number of halogens is 2. The first kappa shape index (κ1) is 14.9. The summed E-state index contributed by atoms with van der Waals surface area (Å²) in [4.78, 5) is 0. The van der Waals surface area contributed by atoms with Crippen LogP contribution in [0.15, 0.2) is 22.7 Å². The van der Waals surface area contributed by atoms with E-state index < -0.39 is 0 Å². The van der Waals surface area contributed by atoms with Crippen molar-refractivity contribution in [2.75, 3.05) is 0 Å². The van der Waals surface area contributed by atoms with Crippen LogP contribution in [0.2, 0.25) is 5.02 Å². The minimum atomic E-state index is 0.756. The Kier molecular flexibility index (Phi) is 4.32. The van der Waals surface area contributed by atoms with E-state index in [0.29, 0.717) is 0 Å². The zero-order chi connectivity index (χ0) is 14.3. The molecule has 2 aromatic rings. The molecule has 0 N–H and O–H groups in total. The van der Waals surface area contributed by atoms with E-state index in [2.05, 4.69) is 61.2 Å². The van der Waals surface area contributed by atoms with Gasteiger partial charge in [0.05, 0.1) is 0 Å². The molecule has 0 fully saturated rings. The van der Waals surface area contributed by atoms with Crippen molar-refractivity contribution in [2.45, 2.75) is 0 Å². The van der Waals surface area contributed by atoms with Crippen molar-refractivity contribution in [1.29, 1.82) is 0 Å². The molecule has 0 atom stereocenters. The first-order valence-corrected chi connectivity index (χ1v) is 7.54. The van der Waals surface area contributed by atoms with Crippen LogP contribution in [-0.4, -0.2) is 39.2 Å². The van der Waals surface area contributed by atoms with E-state index >= 15 is 0 Å². The summed E-state index contributed by atoms with van der Waals surface area (Å²) in [5.41, 5.74) is 9.38. The highest BCUT2D eigenvalue weighted by Gasteiger charge is 2.14. The Labute approximate surface area is 132 Å². The van der Waals surface area contributed by atoms with Crippen LogP contribution >= 0.6 is 27.5 Å². The van der Waals surface area contributed by atoms with Gasteiger partial charge in [0.25, 0.3) is 0 Å². The van der Waals surface area contributed by atoms with Gasteiger partial charge in [0.1, 0.15) is 39.2 Å². The van der Waals surface area contributed by atoms with Gasteiger partial charge in [-0.3, -0.25) is 0 Å². The zero-order valence-electron chi connectivity index (χ0n) is 12.0. The number of rotatable bonds is 1. The maximum absolute atomic E-state index is 6.04. The summed E-state index contributed by atoms with van der Waals surface area (Å²) in [5.74, 6) is 0. The fourth-order valence-corrected chi connectivity index (χ4v) is 3.48. The summed E-state index contributed by atoms with van der Waals surface area (Å²) < 4.78 is 1.05. The monoisotopic (exact) mass is 326 g/mol. The van der Waals surface area contributed by atoms with E-state index in [1.54, 1.807) is 0 Å². The fraction of sp³-hybridized carbons (Fsp3) is 0. The molecule has 90 valence electrons. The van der Waals surface area contributed by atoms with Crippen LogP contribution in [0.3, 0.4) is 0 Å². The molecule has 0 nitrogen and oxygen atoms in total. The van der Waals surface area contributed by atoms with Crippen LogP contribution < -0.4 is 27.3 Å². The van der Waals surface area contributed by atoms with Crippen molar-refractivity contribution < 1.29 is 0 Å². The van der Waals surface area contributed by atoms with E-state index in [1.807, 2.05) is 12.1 Å². The molecule has 0 saturated heterocycles. The van der Waals surface area contributed by atoms with Crippen LogP contribution in [0.5, 0.6) is 0 Å². The summed E-state index contributed by atoms with van der Waals surface area (Å²) >= 11 is 9.68. The molecule has 0 aliphatic rings. The predicted octanol–water partition coefficient (Wildman–Crippen LogP) is -3.94. The summed E-state index contributed by atoms with van der Waals surface area (Å²) in [6, 6.07) is 6.00. The van der Waals surface area contributed by atoms with Gasteiger partial charge in [-0.25, -0.2) is 0 Å². The van der Waals surface area contributed by atoms with Crippen molar-refractivity contribution >= 4 is 94.1 Å². The topological polar surface area (TPSA) is 0 Å². The number of hydrogen-bond donors (Lipinski definition) is 0. The summed E-state index contributed by atoms with van der Waals surface area (Å²) in [6.07, 6.45) is 0. The molecule has 0 heterocycles. The van der Waals surface area contributed by atoms with Gasteiger partial charge < -0.3 is 0 Å². The molecular weight excluding hydrogens is 314 g/mol. The Bertz CT molecular complexity index is 643. The second kappa shape index (κ2) is 5.50. The van der Waals surface area contributed by atoms with E-state index in [1.165, 1.54) is 38.4 Å². The highest BCUT2D eigenvalue weighted by atomic mass is 79.9. The Morgan fingerprint density at radius 2 is 1.26 bits per heavy atom. The molecule has 0 aromatic heterocycles. The van der Waals surface area contributed by atoms with Crippen molar-refractivity contribution in [2.24, 2.45) is 0 Å². The predicted molar refractivity (Wildman–Crippen MR) is 105 cm³/mol. The lowest BCUT2D eigenvalue weighted by molar-refractivity contribution is 1.63. The van der Waals surface area contributed by atoms with Crippen molar-refractivity contribution in [3.8, 4) is 11.1 Å². The summed E-state index contributed by atoms with van der Waals surface area (Å²) in [6.45, 7) is 0. The Hall–Kier alpha value is -0.465. The summed E-state index contributed by atoms with van der Waals surface area (Å²) in [7, 11) is 11.0. The minimum absolute atomic E-state index is 0.756. The maximum Gasteiger partial charge on any atom is 0.139 e. The Morgan fingerprint density at radius 1 is 0.789 bits per heavy atom. The quantitative estimate of drug-likeness (QED) is 0.470. The third kappa shape index (κ3) is 2.58. The molecule has 2 rings (SSSR count). The first-order chi connectivity index (χ1) is 8.84. The first-order valence-electron chi connectivity index (χ1n) is 6.37. The summed E-state index contributed by atoms with van der Waals surface area (Å²) in [5, 5.41) is 0.756. The van der Waals surface area contributed by atoms with E-state index in [9.17, 15) is 0 Å². The molecule has 0 radical (unpaired) electrons. The van der Waals surface area contributed by atoms with Gasteiger partial charge in [-0.05, 0) is 23.3 Å². The molecular formula is C12H13B5BrCl. The van der Waals surface area contributed by atoms with Crippen LogP contribution in [0.4, 0.5) is 0 Å². The molecule has 0 unspecified atom stereocenters. The van der Waals surface area contributed by atoms with Gasteiger partial charge in [-0.15, -0.1) is 16.4 Å². The second-order valence-electron chi connectivity index (χ2n) is 5.12. The van der Waals surface area contributed by atoms with E-state index in [4.69, 9.17) is 11.6 Å².